The molecule has 0 aliphatic rings. The van der Waals surface area contributed by atoms with E-state index in [2.05, 4.69) is 4.98 Å². The zero-order valence-electron chi connectivity index (χ0n) is 8.91. The molecule has 3 nitrogen and oxygen atoms in total. The van der Waals surface area contributed by atoms with E-state index in [1.165, 1.54) is 6.21 Å². The number of rotatable bonds is 2. The van der Waals surface area contributed by atoms with Crippen LogP contribution in [0, 0.1) is 5.41 Å². The van der Waals surface area contributed by atoms with E-state index >= 15 is 0 Å². The highest BCUT2D eigenvalue weighted by atomic mass is 14.7. The molecule has 1 rings (SSSR count). The first-order chi connectivity index (χ1) is 6.75. The maximum atomic E-state index is 7.00. The molecule has 14 heavy (non-hydrogen) atoms. The van der Waals surface area contributed by atoms with Gasteiger partial charge in [-0.15, -0.1) is 0 Å². The molecule has 0 aromatic carbocycles. The molecule has 1 aromatic heterocycles. The number of pyridine rings is 1. The standard InChI is InChI=1S/C9H11N3.C2H6.H2/c1-7(6-10)9(11)8-4-2-3-5-12-8;1-2;/h2-6,10H,11H2,1H3;1-2H3;1H/b9-7-,10-6?;;. The van der Waals surface area contributed by atoms with Crippen LogP contribution >= 0.6 is 0 Å². The second-order valence-electron chi connectivity index (χ2n) is 2.46. The summed E-state index contributed by atoms with van der Waals surface area (Å²) in [5, 5.41) is 7.00. The molecule has 0 bridgehead atoms. The molecule has 0 saturated heterocycles. The van der Waals surface area contributed by atoms with Crippen molar-refractivity contribution in [2.24, 2.45) is 5.73 Å². The maximum Gasteiger partial charge on any atom is 0.0862 e. The minimum atomic E-state index is 0. The van der Waals surface area contributed by atoms with E-state index in [9.17, 15) is 0 Å². The number of hydrogen-bond acceptors (Lipinski definition) is 3. The van der Waals surface area contributed by atoms with Gasteiger partial charge in [-0.3, -0.25) is 4.98 Å². The van der Waals surface area contributed by atoms with Gasteiger partial charge in [0.15, 0.2) is 0 Å². The van der Waals surface area contributed by atoms with Gasteiger partial charge < -0.3 is 11.1 Å². The van der Waals surface area contributed by atoms with Crippen molar-refractivity contribution >= 4 is 11.9 Å². The first-order valence-corrected chi connectivity index (χ1v) is 4.64. The average Bonchev–Trinajstić information content (AvgIpc) is 2.31. The van der Waals surface area contributed by atoms with E-state index in [1.807, 2.05) is 32.0 Å². The minimum absolute atomic E-state index is 0. The second kappa shape index (κ2) is 6.83. The quantitative estimate of drug-likeness (QED) is 0.709. The summed E-state index contributed by atoms with van der Waals surface area (Å²) in [6.07, 6.45) is 2.91. The highest BCUT2D eigenvalue weighted by molar-refractivity contribution is 5.86. The number of nitrogens with two attached hydrogens (primary N) is 1. The fourth-order valence-electron chi connectivity index (χ4n) is 0.802. The van der Waals surface area contributed by atoms with Crippen LogP contribution in [0.4, 0.5) is 0 Å². The molecule has 0 saturated carbocycles. The number of nitrogens with zero attached hydrogens (tertiary/aromatic N) is 1. The van der Waals surface area contributed by atoms with Crippen molar-refractivity contribution in [2.45, 2.75) is 20.8 Å². The zero-order chi connectivity index (χ0) is 11.0. The molecule has 1 heterocycles. The van der Waals surface area contributed by atoms with Crippen molar-refractivity contribution in [3.05, 3.63) is 35.7 Å². The fraction of sp³-hybridized carbons (Fsp3) is 0.273. The highest BCUT2D eigenvalue weighted by Gasteiger charge is 1.98. The van der Waals surface area contributed by atoms with Crippen LogP contribution in [-0.4, -0.2) is 11.2 Å². The maximum absolute atomic E-state index is 7.00. The lowest BCUT2D eigenvalue weighted by Gasteiger charge is -2.01. The highest BCUT2D eigenvalue weighted by Crippen LogP contribution is 2.07. The molecular formula is C11H19N3. The molecule has 3 N–H and O–H groups in total. The topological polar surface area (TPSA) is 62.8 Å². The lowest BCUT2D eigenvalue weighted by Crippen LogP contribution is -2.02. The van der Waals surface area contributed by atoms with E-state index < -0.39 is 0 Å². The zero-order valence-corrected chi connectivity index (χ0v) is 8.91. The van der Waals surface area contributed by atoms with Crippen LogP contribution < -0.4 is 5.73 Å². The molecule has 1 aromatic rings. The lowest BCUT2D eigenvalue weighted by molar-refractivity contribution is 1.25. The monoisotopic (exact) mass is 193 g/mol. The molecule has 0 fully saturated rings. The van der Waals surface area contributed by atoms with Gasteiger partial charge in [-0.05, 0) is 24.6 Å². The van der Waals surface area contributed by atoms with Gasteiger partial charge in [0.2, 0.25) is 0 Å². The van der Waals surface area contributed by atoms with Crippen molar-refractivity contribution < 1.29 is 1.43 Å². The third-order valence-corrected chi connectivity index (χ3v) is 1.58. The van der Waals surface area contributed by atoms with Gasteiger partial charge in [0.1, 0.15) is 0 Å². The van der Waals surface area contributed by atoms with E-state index in [0.717, 1.165) is 11.3 Å². The van der Waals surface area contributed by atoms with E-state index in [-0.39, 0.29) is 1.43 Å². The van der Waals surface area contributed by atoms with Crippen molar-refractivity contribution in [1.29, 1.82) is 5.41 Å². The van der Waals surface area contributed by atoms with Crippen molar-refractivity contribution in [2.75, 3.05) is 0 Å². The Bertz CT molecular complexity index is 307. The number of hydrogen-bond donors (Lipinski definition) is 2. The van der Waals surface area contributed by atoms with E-state index in [4.69, 9.17) is 11.1 Å². The van der Waals surface area contributed by atoms with Gasteiger partial charge in [-0.25, -0.2) is 0 Å². The Morgan fingerprint density at radius 3 is 2.57 bits per heavy atom. The summed E-state index contributed by atoms with van der Waals surface area (Å²) in [7, 11) is 0. The second-order valence-corrected chi connectivity index (χ2v) is 2.46. The molecule has 0 amide bonds. The van der Waals surface area contributed by atoms with Crippen molar-refractivity contribution in [1.82, 2.24) is 4.98 Å². The largest absolute Gasteiger partial charge is 0.397 e. The molecule has 0 unspecified atom stereocenters. The SMILES string of the molecule is C/C(C=N)=C(/N)c1ccccn1.CC.[HH]. The molecule has 3 heteroatoms. The molecule has 0 aliphatic carbocycles. The average molecular weight is 193 g/mol. The van der Waals surface area contributed by atoms with Crippen molar-refractivity contribution in [3.8, 4) is 0 Å². The Labute approximate surface area is 86.7 Å². The predicted octanol–water partition coefficient (Wildman–Crippen LogP) is 2.69. The van der Waals surface area contributed by atoms with Gasteiger partial charge in [0.25, 0.3) is 0 Å². The minimum Gasteiger partial charge on any atom is -0.397 e. The van der Waals surface area contributed by atoms with Crippen LogP contribution in [0.2, 0.25) is 0 Å². The van der Waals surface area contributed by atoms with Gasteiger partial charge in [0, 0.05) is 13.8 Å². The Morgan fingerprint density at radius 2 is 2.14 bits per heavy atom. The fourth-order valence-corrected chi connectivity index (χ4v) is 0.802. The first kappa shape index (κ1) is 12.4. The smallest absolute Gasteiger partial charge is 0.0862 e. The molecule has 0 radical (unpaired) electrons. The van der Waals surface area contributed by atoms with E-state index in [0.29, 0.717) is 5.70 Å². The predicted molar refractivity (Wildman–Crippen MR) is 63.3 cm³/mol. The van der Waals surface area contributed by atoms with Crippen LogP contribution in [0.1, 0.15) is 27.9 Å². The van der Waals surface area contributed by atoms with Gasteiger partial charge >= 0.3 is 0 Å². The molecule has 0 spiro atoms. The van der Waals surface area contributed by atoms with Crippen molar-refractivity contribution in [3.63, 3.8) is 0 Å². The number of aromatic nitrogens is 1. The Morgan fingerprint density at radius 1 is 1.50 bits per heavy atom. The Kier molecular flexibility index (Phi) is 6.03. The number of allylic oxidation sites excluding steroid dienone is 1. The van der Waals surface area contributed by atoms with Crippen LogP contribution in [0.15, 0.2) is 30.0 Å². The third-order valence-electron chi connectivity index (χ3n) is 1.58. The Hall–Kier alpha value is -1.64. The van der Waals surface area contributed by atoms with Crippen LogP contribution in [0.3, 0.4) is 0 Å². The van der Waals surface area contributed by atoms with Gasteiger partial charge in [-0.1, -0.05) is 19.9 Å². The summed E-state index contributed by atoms with van der Waals surface area (Å²) in [6, 6.07) is 5.52. The summed E-state index contributed by atoms with van der Waals surface area (Å²) in [4.78, 5) is 4.06. The first-order valence-electron chi connectivity index (χ1n) is 4.64. The summed E-state index contributed by atoms with van der Waals surface area (Å²) in [6.45, 7) is 5.79. The normalized spacial score (nSPS) is 10.8. The van der Waals surface area contributed by atoms with Gasteiger partial charge in [0.05, 0.1) is 11.4 Å². The van der Waals surface area contributed by atoms with Gasteiger partial charge in [-0.2, -0.15) is 0 Å². The summed E-state index contributed by atoms with van der Waals surface area (Å²) in [5.74, 6) is 0. The number of nitrogens with one attached hydrogen (secondary N) is 1. The molecular weight excluding hydrogens is 174 g/mol. The molecule has 0 aliphatic heterocycles. The summed E-state index contributed by atoms with van der Waals surface area (Å²) in [5.41, 5.74) is 7.73. The van der Waals surface area contributed by atoms with Crippen LogP contribution in [-0.2, 0) is 0 Å². The summed E-state index contributed by atoms with van der Waals surface area (Å²) >= 11 is 0. The van der Waals surface area contributed by atoms with Crippen LogP contribution in [0.25, 0.3) is 5.70 Å². The summed E-state index contributed by atoms with van der Waals surface area (Å²) < 4.78 is 0. The lowest BCUT2D eigenvalue weighted by atomic mass is 10.2. The van der Waals surface area contributed by atoms with E-state index in [1.54, 1.807) is 13.1 Å². The third kappa shape index (κ3) is 3.39. The van der Waals surface area contributed by atoms with Crippen LogP contribution in [0.5, 0.6) is 0 Å². The molecule has 0 atom stereocenters. The Balaban J connectivity index is 0. The molecule has 78 valence electrons.